The first kappa shape index (κ1) is 15.1. The molecule has 0 bridgehead atoms. The molecular weight excluding hydrogens is 187 g/mol. The molecule has 0 aliphatic heterocycles. The van der Waals surface area contributed by atoms with E-state index in [1.807, 2.05) is 0 Å². The van der Waals surface area contributed by atoms with Gasteiger partial charge in [0.25, 0.3) is 5.97 Å². The first-order chi connectivity index (χ1) is 5.08. The van der Waals surface area contributed by atoms with Crippen LogP contribution in [0.3, 0.4) is 0 Å². The van der Waals surface area contributed by atoms with Gasteiger partial charge < -0.3 is 14.7 Å². The van der Waals surface area contributed by atoms with Gasteiger partial charge in [0, 0.05) is 27.2 Å². The third kappa shape index (κ3) is 5.29. The molecule has 0 saturated heterocycles. The van der Waals surface area contributed by atoms with Gasteiger partial charge in [-0.3, -0.25) is 4.79 Å². The summed E-state index contributed by atoms with van der Waals surface area (Å²) in [5, 5.41) is 0. The fraction of sp³-hybridized carbons (Fsp3) is 0.833. The van der Waals surface area contributed by atoms with Gasteiger partial charge in [0.1, 0.15) is 0 Å². The Balaban J connectivity index is -0.000000500. The van der Waals surface area contributed by atoms with Crippen molar-refractivity contribution in [3.05, 3.63) is 0 Å². The molecule has 0 aromatic carbocycles. The molecule has 4 nitrogen and oxygen atoms in total. The maximum Gasteiger partial charge on any atom is 1.00 e. The van der Waals surface area contributed by atoms with Gasteiger partial charge >= 0.3 is 38.4 Å². The van der Waals surface area contributed by atoms with Crippen LogP contribution in [0.2, 0.25) is 6.55 Å². The summed E-state index contributed by atoms with van der Waals surface area (Å²) in [4.78, 5) is 10.8. The zero-order valence-corrected chi connectivity index (χ0v) is 11.3. The number of carbonyl (C=O) groups excluding carboxylic acids is 1. The molecular formula is C6H15NaO4Si. The van der Waals surface area contributed by atoms with Gasteiger partial charge in [0.05, 0.1) is 0 Å². The van der Waals surface area contributed by atoms with Gasteiger partial charge in [-0.25, -0.2) is 0 Å². The summed E-state index contributed by atoms with van der Waals surface area (Å²) in [7, 11) is 0.311. The van der Waals surface area contributed by atoms with E-state index in [1.54, 1.807) is 13.5 Å². The van der Waals surface area contributed by atoms with E-state index in [-0.39, 0.29) is 37.0 Å². The standard InChI is InChI=1S/C6H14O4Si.Na.H/c1-5-6(7)10-11(4,8-2)9-3;;/h5H2,1-4H3;;/q;+1;-1. The predicted molar refractivity (Wildman–Crippen MR) is 43.1 cm³/mol. The second-order valence-electron chi connectivity index (χ2n) is 2.10. The Morgan fingerprint density at radius 2 is 1.83 bits per heavy atom. The van der Waals surface area contributed by atoms with Gasteiger partial charge in [-0.1, -0.05) is 6.92 Å². The largest absolute Gasteiger partial charge is 1.00 e. The van der Waals surface area contributed by atoms with Crippen LogP contribution in [0, 0.1) is 0 Å². The molecule has 0 aliphatic rings. The molecule has 0 amide bonds. The Morgan fingerprint density at radius 3 is 2.08 bits per heavy atom. The molecule has 68 valence electrons. The zero-order valence-electron chi connectivity index (χ0n) is 9.34. The topological polar surface area (TPSA) is 44.8 Å². The second-order valence-corrected chi connectivity index (χ2v) is 4.84. The quantitative estimate of drug-likeness (QED) is 0.491. The minimum atomic E-state index is -2.63. The molecule has 0 rings (SSSR count). The monoisotopic (exact) mass is 202 g/mol. The second kappa shape index (κ2) is 7.05. The van der Waals surface area contributed by atoms with Crippen molar-refractivity contribution in [2.45, 2.75) is 19.9 Å². The number of rotatable bonds is 4. The normalized spacial score (nSPS) is 10.3. The first-order valence-electron chi connectivity index (χ1n) is 3.40. The predicted octanol–water partition coefficient (Wildman–Crippen LogP) is -2.08. The minimum Gasteiger partial charge on any atom is -1.00 e. The SMILES string of the molecule is CCC(=O)O[Si](C)(OC)OC.[H-].[Na+]. The number of hydrogen-bond donors (Lipinski definition) is 0. The smallest absolute Gasteiger partial charge is 1.00 e. The Bertz CT molecular complexity index is 143. The summed E-state index contributed by atoms with van der Waals surface area (Å²) in [5.74, 6) is -0.289. The van der Waals surface area contributed by atoms with E-state index in [2.05, 4.69) is 0 Å². The van der Waals surface area contributed by atoms with E-state index in [0.29, 0.717) is 6.42 Å². The first-order valence-corrected chi connectivity index (χ1v) is 5.62. The molecule has 0 aromatic rings. The maximum absolute atomic E-state index is 10.8. The summed E-state index contributed by atoms with van der Waals surface area (Å²) in [6.07, 6.45) is 0.343. The molecule has 0 atom stereocenters. The Hall–Kier alpha value is 0.607. The van der Waals surface area contributed by atoms with Crippen molar-refractivity contribution >= 4 is 14.8 Å². The third-order valence-corrected chi connectivity index (χ3v) is 3.41. The summed E-state index contributed by atoms with van der Waals surface area (Å²) < 4.78 is 14.8. The fourth-order valence-electron chi connectivity index (χ4n) is 0.446. The summed E-state index contributed by atoms with van der Waals surface area (Å²) in [6, 6.07) is 0. The third-order valence-electron chi connectivity index (χ3n) is 1.33. The van der Waals surface area contributed by atoms with Gasteiger partial charge in [-0.05, 0) is 0 Å². The average molecular weight is 202 g/mol. The van der Waals surface area contributed by atoms with Crippen molar-refractivity contribution in [3.8, 4) is 0 Å². The van der Waals surface area contributed by atoms with E-state index >= 15 is 0 Å². The molecule has 0 aromatic heterocycles. The van der Waals surface area contributed by atoms with E-state index in [1.165, 1.54) is 14.2 Å². The van der Waals surface area contributed by atoms with Crippen molar-refractivity contribution in [1.29, 1.82) is 0 Å². The molecule has 0 saturated carbocycles. The molecule has 0 spiro atoms. The van der Waals surface area contributed by atoms with Gasteiger partial charge in [-0.2, -0.15) is 0 Å². The molecule has 0 radical (unpaired) electrons. The van der Waals surface area contributed by atoms with Crippen LogP contribution in [0.4, 0.5) is 0 Å². The van der Waals surface area contributed by atoms with Crippen molar-refractivity contribution in [2.24, 2.45) is 0 Å². The fourth-order valence-corrected chi connectivity index (χ4v) is 1.34. The Kier molecular flexibility index (Phi) is 8.87. The molecule has 12 heavy (non-hydrogen) atoms. The molecule has 0 unspecified atom stereocenters. The summed E-state index contributed by atoms with van der Waals surface area (Å²) >= 11 is 0. The van der Waals surface area contributed by atoms with Crippen molar-refractivity contribution in [1.82, 2.24) is 0 Å². The van der Waals surface area contributed by atoms with E-state index < -0.39 is 8.80 Å². The van der Waals surface area contributed by atoms with Crippen LogP contribution in [-0.4, -0.2) is 29.0 Å². The van der Waals surface area contributed by atoms with Crippen LogP contribution < -0.4 is 29.6 Å². The summed E-state index contributed by atoms with van der Waals surface area (Å²) in [6.45, 7) is 3.39. The summed E-state index contributed by atoms with van der Waals surface area (Å²) in [5.41, 5.74) is 0. The van der Waals surface area contributed by atoms with Crippen molar-refractivity contribution in [3.63, 3.8) is 0 Å². The van der Waals surface area contributed by atoms with Crippen molar-refractivity contribution < 1.29 is 49.1 Å². The molecule has 0 fully saturated rings. The van der Waals surface area contributed by atoms with Crippen LogP contribution in [0.25, 0.3) is 0 Å². The van der Waals surface area contributed by atoms with Crippen LogP contribution >= 0.6 is 0 Å². The molecule has 0 aliphatic carbocycles. The number of hydrogen-bond acceptors (Lipinski definition) is 4. The molecule has 0 heterocycles. The van der Waals surface area contributed by atoms with E-state index in [0.717, 1.165) is 0 Å². The maximum atomic E-state index is 10.8. The van der Waals surface area contributed by atoms with Crippen molar-refractivity contribution in [2.75, 3.05) is 14.2 Å². The zero-order chi connectivity index (χ0) is 8.91. The van der Waals surface area contributed by atoms with Crippen LogP contribution in [0.15, 0.2) is 0 Å². The van der Waals surface area contributed by atoms with Gasteiger partial charge in [0.15, 0.2) is 0 Å². The van der Waals surface area contributed by atoms with Gasteiger partial charge in [0.2, 0.25) is 0 Å². The van der Waals surface area contributed by atoms with Crippen LogP contribution in [0.1, 0.15) is 14.8 Å². The van der Waals surface area contributed by atoms with Gasteiger partial charge in [-0.15, -0.1) is 0 Å². The Labute approximate surface area is 97.7 Å². The van der Waals surface area contributed by atoms with E-state index in [9.17, 15) is 4.79 Å². The average Bonchev–Trinajstić information content (AvgIpc) is 2.04. The molecule has 6 heteroatoms. The van der Waals surface area contributed by atoms with Crippen LogP contribution in [0.5, 0.6) is 0 Å². The van der Waals surface area contributed by atoms with Crippen LogP contribution in [-0.2, 0) is 18.1 Å². The van der Waals surface area contributed by atoms with E-state index in [4.69, 9.17) is 13.3 Å². The molecule has 0 N–H and O–H groups in total. The number of carbonyl (C=O) groups is 1. The Morgan fingerprint density at radius 1 is 1.42 bits per heavy atom. The minimum absolute atomic E-state index is 0.